The molecular formula is C25H35N3O4. The molecule has 0 heterocycles. The summed E-state index contributed by atoms with van der Waals surface area (Å²) < 4.78 is 11.5. The van der Waals surface area contributed by atoms with Crippen molar-refractivity contribution in [2.75, 3.05) is 13.2 Å². The standard InChI is InChI=1S/C25H35N3O4/c1-18(2)28(19(3)4)25(30)20-8-11-22(12-9-20)31-14-6-5-7-15-32-23-13-10-21(17-27-26)24(29)16-23/h8-13,16-19,29H,5-7,14-15,26H2,1-4H3. The van der Waals surface area contributed by atoms with Gasteiger partial charge in [-0.25, -0.2) is 0 Å². The summed E-state index contributed by atoms with van der Waals surface area (Å²) in [5.74, 6) is 6.58. The number of hydrogen-bond acceptors (Lipinski definition) is 6. The van der Waals surface area contributed by atoms with E-state index in [1.54, 1.807) is 18.2 Å². The third-order valence-corrected chi connectivity index (χ3v) is 4.99. The number of ether oxygens (including phenoxy) is 2. The molecule has 7 nitrogen and oxygen atoms in total. The van der Waals surface area contributed by atoms with Crippen molar-refractivity contribution in [3.8, 4) is 17.2 Å². The van der Waals surface area contributed by atoms with Gasteiger partial charge in [-0.15, -0.1) is 0 Å². The molecule has 0 aromatic heterocycles. The monoisotopic (exact) mass is 441 g/mol. The highest BCUT2D eigenvalue weighted by Crippen LogP contribution is 2.22. The molecule has 0 aliphatic carbocycles. The lowest BCUT2D eigenvalue weighted by molar-refractivity contribution is 0.0643. The summed E-state index contributed by atoms with van der Waals surface area (Å²) in [5.41, 5.74) is 1.22. The summed E-state index contributed by atoms with van der Waals surface area (Å²) in [6.45, 7) is 9.27. The molecule has 174 valence electrons. The largest absolute Gasteiger partial charge is 0.507 e. The average molecular weight is 442 g/mol. The lowest BCUT2D eigenvalue weighted by atomic mass is 10.1. The van der Waals surface area contributed by atoms with Gasteiger partial charge in [0.2, 0.25) is 0 Å². The van der Waals surface area contributed by atoms with Crippen molar-refractivity contribution < 1.29 is 19.4 Å². The molecular weight excluding hydrogens is 406 g/mol. The normalized spacial score (nSPS) is 11.3. The van der Waals surface area contributed by atoms with Crippen molar-refractivity contribution in [3.05, 3.63) is 53.6 Å². The number of phenols is 1. The maximum Gasteiger partial charge on any atom is 0.254 e. The summed E-state index contributed by atoms with van der Waals surface area (Å²) in [7, 11) is 0. The van der Waals surface area contributed by atoms with Gasteiger partial charge >= 0.3 is 0 Å². The van der Waals surface area contributed by atoms with Crippen LogP contribution in [0.5, 0.6) is 17.2 Å². The van der Waals surface area contributed by atoms with Crippen LogP contribution in [-0.4, -0.2) is 47.4 Å². The Bertz CT molecular complexity index is 871. The number of nitrogens with two attached hydrogens (primary N) is 1. The number of unbranched alkanes of at least 4 members (excludes halogenated alkanes) is 2. The van der Waals surface area contributed by atoms with Crippen LogP contribution in [0.2, 0.25) is 0 Å². The molecule has 2 aromatic rings. The number of rotatable bonds is 12. The van der Waals surface area contributed by atoms with Crippen LogP contribution in [0.4, 0.5) is 0 Å². The van der Waals surface area contributed by atoms with Crippen LogP contribution < -0.4 is 15.3 Å². The first-order valence-corrected chi connectivity index (χ1v) is 11.1. The average Bonchev–Trinajstić information content (AvgIpc) is 2.75. The van der Waals surface area contributed by atoms with Crippen molar-refractivity contribution in [3.63, 3.8) is 0 Å². The van der Waals surface area contributed by atoms with Crippen LogP contribution in [0.3, 0.4) is 0 Å². The molecule has 0 bridgehead atoms. The van der Waals surface area contributed by atoms with Gasteiger partial charge in [0.15, 0.2) is 0 Å². The molecule has 0 fully saturated rings. The lowest BCUT2D eigenvalue weighted by Crippen LogP contribution is -2.42. The van der Waals surface area contributed by atoms with E-state index in [2.05, 4.69) is 5.10 Å². The first kappa shape index (κ1) is 25.0. The second-order valence-electron chi connectivity index (χ2n) is 8.18. The Morgan fingerprint density at radius 1 is 0.969 bits per heavy atom. The zero-order chi connectivity index (χ0) is 23.5. The molecule has 3 N–H and O–H groups in total. The predicted octanol–water partition coefficient (Wildman–Crippen LogP) is 4.57. The SMILES string of the molecule is CC(C)N(C(=O)c1ccc(OCCCCCOc2ccc(C=NN)c(O)c2)cc1)C(C)C. The molecule has 1 amide bonds. The van der Waals surface area contributed by atoms with Crippen LogP contribution in [0, 0.1) is 0 Å². The number of phenolic OH excluding ortho intramolecular Hbond substituents is 1. The van der Waals surface area contributed by atoms with Gasteiger partial charge in [-0.3, -0.25) is 4.79 Å². The fourth-order valence-electron chi connectivity index (χ4n) is 3.47. The fraction of sp³-hybridized carbons (Fsp3) is 0.440. The Labute approximate surface area is 190 Å². The quantitative estimate of drug-likeness (QED) is 0.218. The molecule has 0 saturated heterocycles. The number of benzene rings is 2. The summed E-state index contributed by atoms with van der Waals surface area (Å²) in [6, 6.07) is 12.7. The predicted molar refractivity (Wildman–Crippen MR) is 128 cm³/mol. The smallest absolute Gasteiger partial charge is 0.254 e. The number of amides is 1. The molecule has 2 aromatic carbocycles. The van der Waals surface area contributed by atoms with Crippen LogP contribution in [0.15, 0.2) is 47.6 Å². The summed E-state index contributed by atoms with van der Waals surface area (Å²) in [6.07, 6.45) is 4.12. The molecule has 7 heteroatoms. The Kier molecular flexibility index (Phi) is 9.85. The molecule has 0 spiro atoms. The van der Waals surface area contributed by atoms with Gasteiger partial charge in [-0.2, -0.15) is 5.10 Å². The van der Waals surface area contributed by atoms with Gasteiger partial charge in [0.25, 0.3) is 5.91 Å². The topological polar surface area (TPSA) is 97.4 Å². The van der Waals surface area contributed by atoms with Crippen LogP contribution in [0.1, 0.15) is 62.9 Å². The van der Waals surface area contributed by atoms with Gasteiger partial charge in [0.1, 0.15) is 17.2 Å². The van der Waals surface area contributed by atoms with Gasteiger partial charge in [-0.1, -0.05) is 0 Å². The summed E-state index contributed by atoms with van der Waals surface area (Å²) in [5, 5.41) is 13.3. The first-order chi connectivity index (χ1) is 15.3. The number of aromatic hydroxyl groups is 1. The minimum absolute atomic E-state index is 0.0389. The molecule has 0 saturated carbocycles. The third-order valence-electron chi connectivity index (χ3n) is 4.99. The lowest BCUT2D eigenvalue weighted by Gasteiger charge is -2.30. The molecule has 32 heavy (non-hydrogen) atoms. The Morgan fingerprint density at radius 3 is 2.06 bits per heavy atom. The number of carbonyl (C=O) groups excluding carboxylic acids is 1. The fourth-order valence-corrected chi connectivity index (χ4v) is 3.47. The second kappa shape index (κ2) is 12.6. The number of hydrogen-bond donors (Lipinski definition) is 2. The Hall–Kier alpha value is -3.22. The zero-order valence-corrected chi connectivity index (χ0v) is 19.5. The highest BCUT2D eigenvalue weighted by atomic mass is 16.5. The number of carbonyl (C=O) groups is 1. The third kappa shape index (κ3) is 7.48. The number of nitrogens with zero attached hydrogens (tertiary/aromatic N) is 2. The molecule has 0 aliphatic heterocycles. The van der Waals surface area contributed by atoms with Crippen LogP contribution in [-0.2, 0) is 0 Å². The summed E-state index contributed by atoms with van der Waals surface area (Å²) in [4.78, 5) is 14.6. The van der Waals surface area contributed by atoms with E-state index in [4.69, 9.17) is 15.3 Å². The van der Waals surface area contributed by atoms with E-state index in [1.807, 2.05) is 56.9 Å². The molecule has 0 aliphatic rings. The Morgan fingerprint density at radius 2 is 1.53 bits per heavy atom. The molecule has 0 atom stereocenters. The highest BCUT2D eigenvalue weighted by molar-refractivity contribution is 5.94. The van der Waals surface area contributed by atoms with E-state index in [0.717, 1.165) is 25.0 Å². The maximum absolute atomic E-state index is 12.7. The minimum atomic E-state index is 0.0389. The zero-order valence-electron chi connectivity index (χ0n) is 19.5. The van der Waals surface area contributed by atoms with Gasteiger partial charge in [0.05, 0.1) is 19.4 Å². The maximum atomic E-state index is 12.7. The minimum Gasteiger partial charge on any atom is -0.507 e. The van der Waals surface area contributed by atoms with E-state index < -0.39 is 0 Å². The Balaban J connectivity index is 1.68. The van der Waals surface area contributed by atoms with Gasteiger partial charge in [0, 0.05) is 29.3 Å². The van der Waals surface area contributed by atoms with Crippen molar-refractivity contribution in [2.45, 2.75) is 59.0 Å². The number of hydrazone groups is 1. The van der Waals surface area contributed by atoms with E-state index >= 15 is 0 Å². The molecule has 0 radical (unpaired) electrons. The van der Waals surface area contributed by atoms with E-state index in [-0.39, 0.29) is 23.7 Å². The van der Waals surface area contributed by atoms with Gasteiger partial charge in [-0.05, 0) is 83.4 Å². The van der Waals surface area contributed by atoms with Crippen molar-refractivity contribution in [1.29, 1.82) is 0 Å². The summed E-state index contributed by atoms with van der Waals surface area (Å²) >= 11 is 0. The van der Waals surface area contributed by atoms with Crippen molar-refractivity contribution in [2.24, 2.45) is 10.9 Å². The van der Waals surface area contributed by atoms with Crippen molar-refractivity contribution in [1.82, 2.24) is 4.90 Å². The van der Waals surface area contributed by atoms with Gasteiger partial charge < -0.3 is 25.3 Å². The highest BCUT2D eigenvalue weighted by Gasteiger charge is 2.21. The first-order valence-electron chi connectivity index (χ1n) is 11.1. The van der Waals surface area contributed by atoms with E-state index in [0.29, 0.717) is 30.1 Å². The van der Waals surface area contributed by atoms with Crippen LogP contribution >= 0.6 is 0 Å². The molecule has 0 unspecified atom stereocenters. The van der Waals surface area contributed by atoms with Crippen LogP contribution in [0.25, 0.3) is 0 Å². The van der Waals surface area contributed by atoms with E-state index in [1.165, 1.54) is 6.21 Å². The second-order valence-corrected chi connectivity index (χ2v) is 8.18. The van der Waals surface area contributed by atoms with Crippen molar-refractivity contribution >= 4 is 12.1 Å². The molecule has 2 rings (SSSR count). The van der Waals surface area contributed by atoms with E-state index in [9.17, 15) is 9.90 Å².